The van der Waals surface area contributed by atoms with Gasteiger partial charge in [-0.3, -0.25) is 9.59 Å². The summed E-state index contributed by atoms with van der Waals surface area (Å²) in [6, 6.07) is 13.6. The van der Waals surface area contributed by atoms with E-state index in [-0.39, 0.29) is 18.0 Å². The highest BCUT2D eigenvalue weighted by Crippen LogP contribution is 2.22. The number of hydrogen-bond donors (Lipinski definition) is 1. The molecule has 1 aliphatic rings. The first-order valence-electron chi connectivity index (χ1n) is 9.43. The molecule has 0 saturated carbocycles. The van der Waals surface area contributed by atoms with E-state index in [9.17, 15) is 9.59 Å². The Morgan fingerprint density at radius 3 is 2.74 bits per heavy atom. The lowest BCUT2D eigenvalue weighted by Gasteiger charge is -2.19. The van der Waals surface area contributed by atoms with Crippen molar-refractivity contribution in [1.82, 2.24) is 14.9 Å². The van der Waals surface area contributed by atoms with Gasteiger partial charge in [0.05, 0.1) is 23.9 Å². The van der Waals surface area contributed by atoms with Gasteiger partial charge >= 0.3 is 0 Å². The molecule has 1 aliphatic carbocycles. The molecule has 5 heteroatoms. The van der Waals surface area contributed by atoms with E-state index in [0.29, 0.717) is 23.1 Å². The fourth-order valence-electron chi connectivity index (χ4n) is 3.73. The van der Waals surface area contributed by atoms with Crippen LogP contribution in [0.25, 0.3) is 10.9 Å². The molecule has 1 amide bonds. The number of nitrogens with zero attached hydrogens (tertiary/aromatic N) is 2. The molecule has 0 fully saturated rings. The zero-order valence-corrected chi connectivity index (χ0v) is 15.5. The number of fused-ring (bicyclic) bond motifs is 2. The van der Waals surface area contributed by atoms with E-state index < -0.39 is 0 Å². The van der Waals surface area contributed by atoms with Crippen molar-refractivity contribution >= 4 is 16.8 Å². The molecule has 1 heterocycles. The maximum absolute atomic E-state index is 12.6. The number of likely N-dealkylation sites (N-methyl/N-ethyl adjacent to an activating group) is 1. The number of rotatable bonds is 4. The molecule has 0 atom stereocenters. The van der Waals surface area contributed by atoms with Crippen LogP contribution in [0.3, 0.4) is 0 Å². The quantitative estimate of drug-likeness (QED) is 0.777. The van der Waals surface area contributed by atoms with Crippen molar-refractivity contribution in [3.05, 3.63) is 75.3 Å². The first-order chi connectivity index (χ1) is 13.1. The van der Waals surface area contributed by atoms with Gasteiger partial charge in [0.25, 0.3) is 5.56 Å². The van der Waals surface area contributed by atoms with Gasteiger partial charge in [-0.2, -0.15) is 0 Å². The molecule has 2 aromatic carbocycles. The van der Waals surface area contributed by atoms with Crippen molar-refractivity contribution in [2.24, 2.45) is 0 Å². The fraction of sp³-hybridized carbons (Fsp3) is 0.318. The summed E-state index contributed by atoms with van der Waals surface area (Å²) in [5.41, 5.74) is 4.32. The van der Waals surface area contributed by atoms with Gasteiger partial charge in [0.15, 0.2) is 0 Å². The van der Waals surface area contributed by atoms with Crippen LogP contribution < -0.4 is 5.56 Å². The summed E-state index contributed by atoms with van der Waals surface area (Å²) < 4.78 is 0. The minimum Gasteiger partial charge on any atom is -0.338 e. The number of amides is 1. The maximum Gasteiger partial charge on any atom is 0.258 e. The van der Waals surface area contributed by atoms with Gasteiger partial charge in [-0.25, -0.2) is 4.98 Å². The summed E-state index contributed by atoms with van der Waals surface area (Å²) in [6.07, 6.45) is 5.10. The minimum absolute atomic E-state index is 0.0153. The van der Waals surface area contributed by atoms with Crippen LogP contribution in [0.5, 0.6) is 0 Å². The Bertz CT molecular complexity index is 1050. The molecular formula is C22H23N3O2. The van der Waals surface area contributed by atoms with Crippen molar-refractivity contribution in [2.75, 3.05) is 7.05 Å². The summed E-state index contributed by atoms with van der Waals surface area (Å²) in [5, 5.41) is 0.560. The number of carbonyl (C=O) groups excluding carboxylic acids is 1. The number of aromatic nitrogens is 2. The zero-order chi connectivity index (χ0) is 18.8. The third-order valence-corrected chi connectivity index (χ3v) is 5.24. The molecule has 3 aromatic rings. The van der Waals surface area contributed by atoms with Crippen molar-refractivity contribution in [1.29, 1.82) is 0 Å². The molecule has 1 aromatic heterocycles. The van der Waals surface area contributed by atoms with E-state index in [0.717, 1.165) is 18.4 Å². The van der Waals surface area contributed by atoms with Crippen molar-refractivity contribution in [3.8, 4) is 0 Å². The average Bonchev–Trinajstić information content (AvgIpc) is 2.68. The Hall–Kier alpha value is -2.95. The number of carbonyl (C=O) groups is 1. The van der Waals surface area contributed by atoms with E-state index in [1.165, 1.54) is 24.0 Å². The summed E-state index contributed by atoms with van der Waals surface area (Å²) in [4.78, 5) is 33.7. The summed E-state index contributed by atoms with van der Waals surface area (Å²) in [6.45, 7) is 0.282. The molecule has 0 saturated heterocycles. The van der Waals surface area contributed by atoms with Gasteiger partial charge in [-0.1, -0.05) is 30.3 Å². The second kappa shape index (κ2) is 7.35. The lowest BCUT2D eigenvalue weighted by molar-refractivity contribution is -0.129. The van der Waals surface area contributed by atoms with Crippen LogP contribution in [0, 0.1) is 0 Å². The second-order valence-electron chi connectivity index (χ2n) is 7.27. The Labute approximate surface area is 158 Å². The standard InChI is InChI=1S/C22H23N3O2/c1-25(14-20-23-19-9-5-4-8-18(19)22(27)24-20)21(26)13-15-10-11-16-6-2-3-7-17(16)12-15/h4-5,8-12H,2-3,6-7,13-14H2,1H3,(H,23,24,27). The topological polar surface area (TPSA) is 66.1 Å². The van der Waals surface area contributed by atoms with Gasteiger partial charge in [0.2, 0.25) is 5.91 Å². The van der Waals surface area contributed by atoms with Crippen molar-refractivity contribution in [2.45, 2.75) is 38.6 Å². The van der Waals surface area contributed by atoms with E-state index in [1.54, 1.807) is 18.0 Å². The summed E-state index contributed by atoms with van der Waals surface area (Å²) >= 11 is 0. The molecule has 27 heavy (non-hydrogen) atoms. The zero-order valence-electron chi connectivity index (χ0n) is 15.5. The Morgan fingerprint density at radius 1 is 1.11 bits per heavy atom. The molecule has 0 unspecified atom stereocenters. The highest BCUT2D eigenvalue weighted by atomic mass is 16.2. The lowest BCUT2D eigenvalue weighted by atomic mass is 9.90. The van der Waals surface area contributed by atoms with Crippen LogP contribution in [-0.4, -0.2) is 27.8 Å². The van der Waals surface area contributed by atoms with Crippen LogP contribution in [0.15, 0.2) is 47.3 Å². The lowest BCUT2D eigenvalue weighted by Crippen LogP contribution is -2.29. The van der Waals surface area contributed by atoms with Crippen molar-refractivity contribution < 1.29 is 4.79 Å². The first-order valence-corrected chi connectivity index (χ1v) is 9.43. The fourth-order valence-corrected chi connectivity index (χ4v) is 3.73. The predicted molar refractivity (Wildman–Crippen MR) is 106 cm³/mol. The Kier molecular flexibility index (Phi) is 4.75. The van der Waals surface area contributed by atoms with Gasteiger partial charge in [-0.05, 0) is 54.5 Å². The number of hydrogen-bond acceptors (Lipinski definition) is 3. The van der Waals surface area contributed by atoms with Gasteiger partial charge in [-0.15, -0.1) is 0 Å². The SMILES string of the molecule is CN(Cc1nc2ccccc2c(=O)[nH]1)C(=O)Cc1ccc2c(c1)CCCC2. The second-order valence-corrected chi connectivity index (χ2v) is 7.27. The highest BCUT2D eigenvalue weighted by molar-refractivity contribution is 5.79. The molecule has 4 rings (SSSR count). The number of H-pyrrole nitrogens is 1. The molecule has 0 aliphatic heterocycles. The normalized spacial score (nSPS) is 13.4. The Balaban J connectivity index is 1.47. The minimum atomic E-state index is -0.175. The van der Waals surface area contributed by atoms with Crippen LogP contribution in [-0.2, 0) is 30.6 Å². The number of para-hydroxylation sites is 1. The molecule has 138 valence electrons. The molecule has 0 spiro atoms. The molecule has 0 bridgehead atoms. The van der Waals surface area contributed by atoms with Crippen LogP contribution in [0.2, 0.25) is 0 Å². The monoisotopic (exact) mass is 361 g/mol. The summed E-state index contributed by atoms with van der Waals surface area (Å²) in [5.74, 6) is 0.515. The smallest absolute Gasteiger partial charge is 0.258 e. The van der Waals surface area contributed by atoms with E-state index >= 15 is 0 Å². The molecular weight excluding hydrogens is 338 g/mol. The number of benzene rings is 2. The number of aryl methyl sites for hydroxylation is 2. The van der Waals surface area contributed by atoms with Gasteiger partial charge in [0, 0.05) is 7.05 Å². The predicted octanol–water partition coefficient (Wildman–Crippen LogP) is 3.00. The average molecular weight is 361 g/mol. The van der Waals surface area contributed by atoms with E-state index in [2.05, 4.69) is 28.2 Å². The molecule has 1 N–H and O–H groups in total. The Morgan fingerprint density at radius 2 is 1.89 bits per heavy atom. The van der Waals surface area contributed by atoms with E-state index in [1.807, 2.05) is 18.2 Å². The number of nitrogens with one attached hydrogen (secondary N) is 1. The van der Waals surface area contributed by atoms with Gasteiger partial charge in [0.1, 0.15) is 5.82 Å². The largest absolute Gasteiger partial charge is 0.338 e. The summed E-state index contributed by atoms with van der Waals surface area (Å²) in [7, 11) is 1.75. The third kappa shape index (κ3) is 3.77. The van der Waals surface area contributed by atoms with Crippen LogP contribution in [0.1, 0.15) is 35.4 Å². The molecule has 5 nitrogen and oxygen atoms in total. The number of aromatic amines is 1. The highest BCUT2D eigenvalue weighted by Gasteiger charge is 2.15. The van der Waals surface area contributed by atoms with E-state index in [4.69, 9.17) is 0 Å². The maximum atomic E-state index is 12.6. The van der Waals surface area contributed by atoms with Crippen molar-refractivity contribution in [3.63, 3.8) is 0 Å². The van der Waals surface area contributed by atoms with Crippen LogP contribution in [0.4, 0.5) is 0 Å². The van der Waals surface area contributed by atoms with Crippen LogP contribution >= 0.6 is 0 Å². The van der Waals surface area contributed by atoms with Gasteiger partial charge < -0.3 is 9.88 Å². The third-order valence-electron chi connectivity index (χ3n) is 5.24. The molecule has 0 radical (unpaired) electrons. The first kappa shape index (κ1) is 17.5.